The molecule has 1 heterocycles. The maximum atomic E-state index is 12.4. The lowest BCUT2D eigenvalue weighted by atomic mass is 9.99. The Labute approximate surface area is 106 Å². The molecule has 94 valence electrons. The van der Waals surface area contributed by atoms with Gasteiger partial charge in [0.25, 0.3) is 0 Å². The predicted molar refractivity (Wildman–Crippen MR) is 68.5 cm³/mol. The van der Waals surface area contributed by atoms with E-state index in [0.717, 1.165) is 24.1 Å². The van der Waals surface area contributed by atoms with Crippen molar-refractivity contribution in [2.24, 2.45) is 7.05 Å². The second-order valence-corrected chi connectivity index (χ2v) is 4.08. The van der Waals surface area contributed by atoms with Gasteiger partial charge in [0.1, 0.15) is 5.69 Å². The van der Waals surface area contributed by atoms with Gasteiger partial charge in [0, 0.05) is 12.6 Å². The highest BCUT2D eigenvalue weighted by molar-refractivity contribution is 6.08. The molecule has 0 aliphatic carbocycles. The van der Waals surface area contributed by atoms with Crippen LogP contribution in [0.5, 0.6) is 0 Å². The van der Waals surface area contributed by atoms with Gasteiger partial charge in [0.05, 0.1) is 6.20 Å². The molecule has 0 unspecified atom stereocenters. The lowest BCUT2D eigenvalue weighted by Crippen LogP contribution is -2.15. The summed E-state index contributed by atoms with van der Waals surface area (Å²) in [6, 6.07) is 7.65. The van der Waals surface area contributed by atoms with Gasteiger partial charge in [-0.15, -0.1) is 5.10 Å². The number of hydrogen-bond acceptors (Lipinski definition) is 4. The number of rotatable bonds is 5. The van der Waals surface area contributed by atoms with E-state index in [1.165, 1.54) is 10.9 Å². The Morgan fingerprint density at radius 1 is 1.39 bits per heavy atom. The SMILES string of the molecule is CNCCc1ccccc1C(=O)c1cnnn1C. The lowest BCUT2D eigenvalue weighted by Gasteiger charge is -2.08. The third-order valence-electron chi connectivity index (χ3n) is 2.85. The van der Waals surface area contributed by atoms with E-state index < -0.39 is 0 Å². The zero-order valence-electron chi connectivity index (χ0n) is 10.6. The van der Waals surface area contributed by atoms with Crippen molar-refractivity contribution >= 4 is 5.78 Å². The highest BCUT2D eigenvalue weighted by atomic mass is 16.1. The van der Waals surface area contributed by atoms with Gasteiger partial charge in [-0.25, -0.2) is 4.68 Å². The fourth-order valence-corrected chi connectivity index (χ4v) is 1.85. The Bertz CT molecular complexity index is 547. The molecule has 0 radical (unpaired) electrons. The fourth-order valence-electron chi connectivity index (χ4n) is 1.85. The summed E-state index contributed by atoms with van der Waals surface area (Å²) >= 11 is 0. The van der Waals surface area contributed by atoms with Crippen LogP contribution in [-0.2, 0) is 13.5 Å². The monoisotopic (exact) mass is 244 g/mol. The number of nitrogens with one attached hydrogen (secondary N) is 1. The maximum Gasteiger partial charge on any atom is 0.212 e. The first-order valence-corrected chi connectivity index (χ1v) is 5.86. The molecule has 0 amide bonds. The van der Waals surface area contributed by atoms with E-state index >= 15 is 0 Å². The molecule has 1 aromatic heterocycles. The fraction of sp³-hybridized carbons (Fsp3) is 0.308. The Hall–Kier alpha value is -2.01. The van der Waals surface area contributed by atoms with Crippen molar-refractivity contribution in [2.45, 2.75) is 6.42 Å². The van der Waals surface area contributed by atoms with Crippen molar-refractivity contribution in [3.8, 4) is 0 Å². The number of nitrogens with zero attached hydrogens (tertiary/aromatic N) is 3. The van der Waals surface area contributed by atoms with E-state index in [9.17, 15) is 4.79 Å². The van der Waals surface area contributed by atoms with Crippen LogP contribution < -0.4 is 5.32 Å². The molecule has 2 aromatic rings. The first kappa shape index (κ1) is 12.4. The number of likely N-dealkylation sites (N-methyl/N-ethyl adjacent to an activating group) is 1. The van der Waals surface area contributed by atoms with Crippen molar-refractivity contribution < 1.29 is 4.79 Å². The van der Waals surface area contributed by atoms with Crippen LogP contribution >= 0.6 is 0 Å². The molecule has 0 saturated heterocycles. The van der Waals surface area contributed by atoms with E-state index in [1.54, 1.807) is 7.05 Å². The Morgan fingerprint density at radius 2 is 2.17 bits per heavy atom. The maximum absolute atomic E-state index is 12.4. The summed E-state index contributed by atoms with van der Waals surface area (Å²) in [5.74, 6) is -0.0331. The van der Waals surface area contributed by atoms with Crippen LogP contribution in [0.2, 0.25) is 0 Å². The van der Waals surface area contributed by atoms with Gasteiger partial charge in [-0.3, -0.25) is 4.79 Å². The zero-order chi connectivity index (χ0) is 13.0. The van der Waals surface area contributed by atoms with E-state index in [-0.39, 0.29) is 5.78 Å². The molecule has 5 heteroatoms. The summed E-state index contributed by atoms with van der Waals surface area (Å²) in [6.45, 7) is 0.841. The van der Waals surface area contributed by atoms with E-state index in [4.69, 9.17) is 0 Å². The summed E-state index contributed by atoms with van der Waals surface area (Å²) < 4.78 is 1.50. The zero-order valence-corrected chi connectivity index (χ0v) is 10.6. The Balaban J connectivity index is 2.33. The molecular weight excluding hydrogens is 228 g/mol. The average Bonchev–Trinajstić information content (AvgIpc) is 2.82. The second kappa shape index (κ2) is 5.55. The first-order valence-electron chi connectivity index (χ1n) is 5.86. The normalized spacial score (nSPS) is 10.6. The van der Waals surface area contributed by atoms with Crippen molar-refractivity contribution in [3.63, 3.8) is 0 Å². The largest absolute Gasteiger partial charge is 0.319 e. The molecular formula is C13H16N4O. The molecule has 0 spiro atoms. The smallest absolute Gasteiger partial charge is 0.212 e. The molecule has 18 heavy (non-hydrogen) atoms. The van der Waals surface area contributed by atoms with Crippen molar-refractivity contribution in [1.29, 1.82) is 0 Å². The van der Waals surface area contributed by atoms with Crippen LogP contribution in [0, 0.1) is 0 Å². The van der Waals surface area contributed by atoms with Crippen LogP contribution in [0.3, 0.4) is 0 Å². The van der Waals surface area contributed by atoms with Gasteiger partial charge >= 0.3 is 0 Å². The molecule has 0 saturated carbocycles. The summed E-state index contributed by atoms with van der Waals surface area (Å²) in [4.78, 5) is 12.4. The number of hydrogen-bond donors (Lipinski definition) is 1. The highest BCUT2D eigenvalue weighted by Gasteiger charge is 2.16. The van der Waals surface area contributed by atoms with Crippen molar-refractivity contribution in [3.05, 3.63) is 47.3 Å². The molecule has 5 nitrogen and oxygen atoms in total. The van der Waals surface area contributed by atoms with Crippen LogP contribution in [0.25, 0.3) is 0 Å². The summed E-state index contributed by atoms with van der Waals surface area (Å²) in [7, 11) is 3.62. The second-order valence-electron chi connectivity index (χ2n) is 4.08. The number of ketones is 1. The molecule has 0 aliphatic rings. The predicted octanol–water partition coefficient (Wildman–Crippen LogP) is 0.808. The van der Waals surface area contributed by atoms with E-state index in [2.05, 4.69) is 15.6 Å². The Morgan fingerprint density at radius 3 is 2.83 bits per heavy atom. The number of aromatic nitrogens is 3. The van der Waals surface area contributed by atoms with Gasteiger partial charge in [0.2, 0.25) is 5.78 Å². The first-order chi connectivity index (χ1) is 8.74. The molecule has 0 fully saturated rings. The topological polar surface area (TPSA) is 59.8 Å². The minimum absolute atomic E-state index is 0.0331. The van der Waals surface area contributed by atoms with Gasteiger partial charge in [-0.1, -0.05) is 29.5 Å². The molecule has 1 aromatic carbocycles. The quantitative estimate of drug-likeness (QED) is 0.791. The minimum atomic E-state index is -0.0331. The molecule has 0 bridgehead atoms. The van der Waals surface area contributed by atoms with Crippen molar-refractivity contribution in [2.75, 3.05) is 13.6 Å². The highest BCUT2D eigenvalue weighted by Crippen LogP contribution is 2.14. The van der Waals surface area contributed by atoms with Gasteiger partial charge in [-0.05, 0) is 25.6 Å². The number of aryl methyl sites for hydroxylation is 1. The van der Waals surface area contributed by atoms with E-state index in [0.29, 0.717) is 5.69 Å². The van der Waals surface area contributed by atoms with Crippen molar-refractivity contribution in [1.82, 2.24) is 20.3 Å². The van der Waals surface area contributed by atoms with Gasteiger partial charge < -0.3 is 5.32 Å². The van der Waals surface area contributed by atoms with Crippen LogP contribution in [0.15, 0.2) is 30.5 Å². The third kappa shape index (κ3) is 2.46. The van der Waals surface area contributed by atoms with Crippen LogP contribution in [0.1, 0.15) is 21.6 Å². The minimum Gasteiger partial charge on any atom is -0.319 e. The molecule has 1 N–H and O–H groups in total. The third-order valence-corrected chi connectivity index (χ3v) is 2.85. The van der Waals surface area contributed by atoms with Gasteiger partial charge in [-0.2, -0.15) is 0 Å². The van der Waals surface area contributed by atoms with E-state index in [1.807, 2.05) is 31.3 Å². The van der Waals surface area contributed by atoms with Crippen LogP contribution in [-0.4, -0.2) is 34.4 Å². The number of carbonyl (C=O) groups excluding carboxylic acids is 1. The summed E-state index contributed by atoms with van der Waals surface area (Å²) in [6.07, 6.45) is 2.32. The van der Waals surface area contributed by atoms with Gasteiger partial charge in [0.15, 0.2) is 0 Å². The van der Waals surface area contributed by atoms with Crippen LogP contribution in [0.4, 0.5) is 0 Å². The summed E-state index contributed by atoms with van der Waals surface area (Å²) in [5.41, 5.74) is 2.27. The Kier molecular flexibility index (Phi) is 3.84. The standard InChI is InChI=1S/C13H16N4O/c1-14-8-7-10-5-3-4-6-11(10)13(18)12-9-15-16-17(12)2/h3-6,9,14H,7-8H2,1-2H3. The number of carbonyl (C=O) groups is 1. The lowest BCUT2D eigenvalue weighted by molar-refractivity contribution is 0.102. The molecule has 0 aliphatic heterocycles. The average molecular weight is 244 g/mol. The summed E-state index contributed by atoms with van der Waals surface area (Å²) in [5, 5.41) is 10.6. The molecule has 0 atom stereocenters. The molecule has 2 rings (SSSR count). The number of benzene rings is 1.